The lowest BCUT2D eigenvalue weighted by atomic mass is 10.3. The highest BCUT2D eigenvalue weighted by Crippen LogP contribution is 2.23. The Morgan fingerprint density at radius 2 is 1.86 bits per heavy atom. The lowest BCUT2D eigenvalue weighted by molar-refractivity contribution is 0.464. The molecule has 0 amide bonds. The first-order valence-electron chi connectivity index (χ1n) is 7.02. The topological polar surface area (TPSA) is 65.9 Å². The van der Waals surface area contributed by atoms with Crippen molar-refractivity contribution in [1.82, 2.24) is 14.2 Å². The molecule has 1 heterocycles. The number of fused-ring (bicyclic) bond motifs is 1. The van der Waals surface area contributed by atoms with Gasteiger partial charge in [-0.15, -0.1) is 15.7 Å². The van der Waals surface area contributed by atoms with Gasteiger partial charge in [0.1, 0.15) is 0 Å². The standard InChI is InChI=1S/C14H20N4O2S2/c1-5-18(6-2)13(16-22(19,20)17(3)4)14-15-11-9-7-8-10-12(11)21-14/h7-10H,5-6H2,1-4H3/b16-13-. The molecule has 22 heavy (non-hydrogen) atoms. The van der Waals surface area contributed by atoms with E-state index in [9.17, 15) is 8.42 Å². The van der Waals surface area contributed by atoms with E-state index in [1.165, 1.54) is 25.4 Å². The number of para-hydroxylation sites is 1. The minimum Gasteiger partial charge on any atom is -0.354 e. The Labute approximate surface area is 135 Å². The van der Waals surface area contributed by atoms with Crippen LogP contribution in [-0.4, -0.2) is 55.6 Å². The van der Waals surface area contributed by atoms with Crippen molar-refractivity contribution in [2.45, 2.75) is 13.8 Å². The van der Waals surface area contributed by atoms with Crippen LogP contribution in [0.1, 0.15) is 18.9 Å². The van der Waals surface area contributed by atoms with Gasteiger partial charge in [-0.2, -0.15) is 12.7 Å². The van der Waals surface area contributed by atoms with Crippen LogP contribution in [0.2, 0.25) is 0 Å². The Bertz CT molecular complexity index is 744. The molecular formula is C14H20N4O2S2. The Balaban J connectivity index is 2.60. The fraction of sp³-hybridized carbons (Fsp3) is 0.429. The average Bonchev–Trinajstić information content (AvgIpc) is 2.90. The molecule has 0 fully saturated rings. The van der Waals surface area contributed by atoms with Gasteiger partial charge in [-0.1, -0.05) is 12.1 Å². The molecule has 0 saturated carbocycles. The molecule has 6 nitrogen and oxygen atoms in total. The lowest BCUT2D eigenvalue weighted by Gasteiger charge is -2.21. The number of aromatic nitrogens is 1. The van der Waals surface area contributed by atoms with Crippen molar-refractivity contribution < 1.29 is 8.42 Å². The van der Waals surface area contributed by atoms with Crippen LogP contribution in [0.15, 0.2) is 28.7 Å². The van der Waals surface area contributed by atoms with Gasteiger partial charge in [0.25, 0.3) is 0 Å². The second-order valence-corrected chi connectivity index (χ2v) is 7.67. The van der Waals surface area contributed by atoms with E-state index in [4.69, 9.17) is 0 Å². The first-order valence-corrected chi connectivity index (χ1v) is 9.23. The largest absolute Gasteiger partial charge is 0.354 e. The van der Waals surface area contributed by atoms with Crippen LogP contribution in [0.3, 0.4) is 0 Å². The predicted octanol–water partition coefficient (Wildman–Crippen LogP) is 2.19. The molecule has 0 bridgehead atoms. The molecule has 120 valence electrons. The van der Waals surface area contributed by atoms with Crippen LogP contribution in [0.5, 0.6) is 0 Å². The molecule has 0 aliphatic rings. The Morgan fingerprint density at radius 3 is 2.41 bits per heavy atom. The average molecular weight is 340 g/mol. The van der Waals surface area contributed by atoms with E-state index in [-0.39, 0.29) is 0 Å². The summed E-state index contributed by atoms with van der Waals surface area (Å²) in [6, 6.07) is 7.73. The summed E-state index contributed by atoms with van der Waals surface area (Å²) in [5.74, 6) is 0.403. The van der Waals surface area contributed by atoms with Gasteiger partial charge in [-0.3, -0.25) is 0 Å². The molecule has 8 heteroatoms. The second-order valence-electron chi connectivity index (χ2n) is 4.83. The lowest BCUT2D eigenvalue weighted by Crippen LogP contribution is -2.33. The van der Waals surface area contributed by atoms with E-state index in [1.54, 1.807) is 0 Å². The molecule has 0 aliphatic heterocycles. The third-order valence-electron chi connectivity index (χ3n) is 3.21. The predicted molar refractivity (Wildman–Crippen MR) is 91.7 cm³/mol. The number of thiazole rings is 1. The van der Waals surface area contributed by atoms with Gasteiger partial charge < -0.3 is 4.90 Å². The zero-order chi connectivity index (χ0) is 16.3. The quantitative estimate of drug-likeness (QED) is 0.618. The normalized spacial score (nSPS) is 13.0. The first kappa shape index (κ1) is 16.9. The van der Waals surface area contributed by atoms with Crippen LogP contribution in [-0.2, 0) is 10.2 Å². The fourth-order valence-corrected chi connectivity index (χ4v) is 3.54. The molecule has 0 unspecified atom stereocenters. The maximum atomic E-state index is 12.2. The van der Waals surface area contributed by atoms with Crippen molar-refractivity contribution in [3.8, 4) is 0 Å². The van der Waals surface area contributed by atoms with E-state index < -0.39 is 10.2 Å². The highest BCUT2D eigenvalue weighted by atomic mass is 32.2. The summed E-state index contributed by atoms with van der Waals surface area (Å²) in [6.07, 6.45) is 0. The van der Waals surface area contributed by atoms with E-state index in [2.05, 4.69) is 9.38 Å². The van der Waals surface area contributed by atoms with Crippen molar-refractivity contribution >= 4 is 37.6 Å². The van der Waals surface area contributed by atoms with Crippen molar-refractivity contribution in [2.75, 3.05) is 27.2 Å². The zero-order valence-corrected chi connectivity index (χ0v) is 14.8. The SMILES string of the molecule is CCN(CC)/C(=N\S(=O)(=O)N(C)C)c1nc2ccccc2s1. The maximum absolute atomic E-state index is 12.2. The van der Waals surface area contributed by atoms with Crippen LogP contribution in [0.4, 0.5) is 0 Å². The first-order chi connectivity index (χ1) is 10.4. The number of nitrogens with zero attached hydrogens (tertiary/aromatic N) is 4. The summed E-state index contributed by atoms with van der Waals surface area (Å²) in [6.45, 7) is 5.26. The number of rotatable bonds is 5. The monoisotopic (exact) mass is 340 g/mol. The van der Waals surface area contributed by atoms with Gasteiger partial charge in [0.2, 0.25) is 0 Å². The van der Waals surface area contributed by atoms with Gasteiger partial charge in [0, 0.05) is 27.2 Å². The Hall–Kier alpha value is -1.51. The van der Waals surface area contributed by atoms with Gasteiger partial charge in [0.05, 0.1) is 10.2 Å². The molecule has 2 rings (SSSR count). The summed E-state index contributed by atoms with van der Waals surface area (Å²) < 4.78 is 30.4. The van der Waals surface area contributed by atoms with Crippen molar-refractivity contribution in [3.63, 3.8) is 0 Å². The summed E-state index contributed by atoms with van der Waals surface area (Å²) in [7, 11) is -0.763. The van der Waals surface area contributed by atoms with E-state index in [1.807, 2.05) is 43.0 Å². The third kappa shape index (κ3) is 3.45. The summed E-state index contributed by atoms with van der Waals surface area (Å²) >= 11 is 1.45. The van der Waals surface area contributed by atoms with Crippen molar-refractivity contribution in [3.05, 3.63) is 29.3 Å². The highest BCUT2D eigenvalue weighted by molar-refractivity contribution is 7.87. The highest BCUT2D eigenvalue weighted by Gasteiger charge is 2.21. The number of hydrogen-bond donors (Lipinski definition) is 0. The minimum absolute atomic E-state index is 0.403. The summed E-state index contributed by atoms with van der Waals surface area (Å²) in [5, 5.41) is 0.621. The zero-order valence-electron chi connectivity index (χ0n) is 13.1. The van der Waals surface area contributed by atoms with Crippen LogP contribution in [0.25, 0.3) is 10.2 Å². The Kier molecular flexibility index (Phi) is 5.15. The fourth-order valence-electron chi connectivity index (χ4n) is 1.91. The molecule has 0 spiro atoms. The van der Waals surface area contributed by atoms with Gasteiger partial charge in [0.15, 0.2) is 10.8 Å². The third-order valence-corrected chi connectivity index (χ3v) is 5.57. The molecule has 0 atom stereocenters. The molecule has 2 aromatic rings. The second kappa shape index (κ2) is 6.72. The molecular weight excluding hydrogens is 320 g/mol. The molecule has 1 aromatic carbocycles. The van der Waals surface area contributed by atoms with Crippen LogP contribution in [0, 0.1) is 0 Å². The summed E-state index contributed by atoms with van der Waals surface area (Å²) in [5.41, 5.74) is 0.851. The van der Waals surface area contributed by atoms with Gasteiger partial charge in [-0.25, -0.2) is 4.98 Å². The minimum atomic E-state index is -3.70. The molecule has 0 N–H and O–H groups in total. The summed E-state index contributed by atoms with van der Waals surface area (Å²) in [4.78, 5) is 6.44. The molecule has 0 saturated heterocycles. The van der Waals surface area contributed by atoms with Crippen molar-refractivity contribution in [2.24, 2.45) is 4.40 Å². The number of benzene rings is 1. The van der Waals surface area contributed by atoms with E-state index in [0.29, 0.717) is 23.9 Å². The number of amidine groups is 1. The van der Waals surface area contributed by atoms with Crippen LogP contribution < -0.4 is 0 Å². The van der Waals surface area contributed by atoms with Crippen LogP contribution >= 0.6 is 11.3 Å². The maximum Gasteiger partial charge on any atom is 0.323 e. The van der Waals surface area contributed by atoms with E-state index in [0.717, 1.165) is 14.5 Å². The van der Waals surface area contributed by atoms with Crippen molar-refractivity contribution in [1.29, 1.82) is 0 Å². The Morgan fingerprint density at radius 1 is 1.23 bits per heavy atom. The molecule has 0 aliphatic carbocycles. The number of hydrogen-bond acceptors (Lipinski definition) is 4. The smallest absolute Gasteiger partial charge is 0.323 e. The van der Waals surface area contributed by atoms with Gasteiger partial charge >= 0.3 is 10.2 Å². The van der Waals surface area contributed by atoms with E-state index >= 15 is 0 Å². The molecule has 0 radical (unpaired) electrons. The van der Waals surface area contributed by atoms with Gasteiger partial charge in [-0.05, 0) is 26.0 Å². The molecule has 1 aromatic heterocycles.